The van der Waals surface area contributed by atoms with E-state index in [1.165, 1.54) is 12.1 Å². The Hall–Kier alpha value is -2.53. The molecule has 0 bridgehead atoms. The van der Waals surface area contributed by atoms with Crippen LogP contribution in [0.3, 0.4) is 0 Å². The smallest absolute Gasteiger partial charge is 0.227 e. The molecule has 0 spiro atoms. The van der Waals surface area contributed by atoms with Gasteiger partial charge in [0, 0.05) is 31.7 Å². The van der Waals surface area contributed by atoms with Crippen molar-refractivity contribution in [3.8, 4) is 0 Å². The van der Waals surface area contributed by atoms with Crippen molar-refractivity contribution in [1.82, 2.24) is 9.80 Å². The number of benzene rings is 2. The summed E-state index contributed by atoms with van der Waals surface area (Å²) in [5, 5.41) is 0. The molecule has 4 nitrogen and oxygen atoms in total. The van der Waals surface area contributed by atoms with Crippen LogP contribution in [0.2, 0.25) is 0 Å². The van der Waals surface area contributed by atoms with E-state index in [-0.39, 0.29) is 23.9 Å². The van der Waals surface area contributed by atoms with Crippen molar-refractivity contribution in [3.05, 3.63) is 71.5 Å². The first kappa shape index (κ1) is 17.3. The van der Waals surface area contributed by atoms with Crippen LogP contribution in [0.1, 0.15) is 15.9 Å². The molecule has 0 unspecified atom stereocenters. The number of ketones is 1. The second-order valence-corrected chi connectivity index (χ2v) is 6.25. The van der Waals surface area contributed by atoms with E-state index in [9.17, 15) is 14.0 Å². The van der Waals surface area contributed by atoms with Gasteiger partial charge >= 0.3 is 0 Å². The van der Waals surface area contributed by atoms with Crippen molar-refractivity contribution < 1.29 is 14.0 Å². The Morgan fingerprint density at radius 1 is 0.880 bits per heavy atom. The molecule has 0 aliphatic carbocycles. The number of carbonyl (C=O) groups excluding carboxylic acids is 2. The molecule has 1 fully saturated rings. The van der Waals surface area contributed by atoms with Gasteiger partial charge in [-0.25, -0.2) is 4.39 Å². The zero-order chi connectivity index (χ0) is 17.6. The maximum absolute atomic E-state index is 12.9. The minimum absolute atomic E-state index is 0.0423. The fraction of sp³-hybridized carbons (Fsp3) is 0.300. The maximum atomic E-state index is 12.9. The summed E-state index contributed by atoms with van der Waals surface area (Å²) in [4.78, 5) is 28.5. The summed E-state index contributed by atoms with van der Waals surface area (Å²) in [6.45, 7) is 2.98. The largest absolute Gasteiger partial charge is 0.340 e. The molecule has 3 rings (SSSR count). The van der Waals surface area contributed by atoms with Crippen molar-refractivity contribution in [2.24, 2.45) is 0 Å². The first-order valence-corrected chi connectivity index (χ1v) is 8.44. The normalized spacial score (nSPS) is 15.2. The Balaban J connectivity index is 1.47. The van der Waals surface area contributed by atoms with Gasteiger partial charge in [0.25, 0.3) is 0 Å². The van der Waals surface area contributed by atoms with Gasteiger partial charge in [-0.15, -0.1) is 0 Å². The van der Waals surface area contributed by atoms with Gasteiger partial charge in [-0.2, -0.15) is 0 Å². The lowest BCUT2D eigenvalue weighted by molar-refractivity contribution is -0.132. The van der Waals surface area contributed by atoms with Gasteiger partial charge in [0.1, 0.15) is 5.82 Å². The first-order chi connectivity index (χ1) is 12.1. The number of carbonyl (C=O) groups is 2. The summed E-state index contributed by atoms with van der Waals surface area (Å²) in [5.74, 6) is -0.153. The zero-order valence-electron chi connectivity index (χ0n) is 14.0. The predicted octanol–water partition coefficient (Wildman–Crippen LogP) is 2.40. The zero-order valence-corrected chi connectivity index (χ0v) is 14.0. The molecule has 2 aromatic carbocycles. The molecule has 130 valence electrons. The van der Waals surface area contributed by atoms with E-state index < -0.39 is 0 Å². The van der Waals surface area contributed by atoms with Crippen LogP contribution in [0.4, 0.5) is 4.39 Å². The summed E-state index contributed by atoms with van der Waals surface area (Å²) >= 11 is 0. The first-order valence-electron chi connectivity index (χ1n) is 8.44. The van der Waals surface area contributed by atoms with E-state index in [1.807, 2.05) is 35.2 Å². The van der Waals surface area contributed by atoms with Crippen molar-refractivity contribution in [1.29, 1.82) is 0 Å². The molecule has 0 N–H and O–H groups in total. The molecule has 1 aliphatic heterocycles. The lowest BCUT2D eigenvalue weighted by Gasteiger charge is -2.34. The summed E-state index contributed by atoms with van der Waals surface area (Å²) in [6, 6.07) is 15.3. The topological polar surface area (TPSA) is 40.6 Å². The minimum Gasteiger partial charge on any atom is -0.340 e. The average molecular weight is 340 g/mol. The average Bonchev–Trinajstić information content (AvgIpc) is 2.65. The number of Topliss-reactive ketones (excluding diaryl/α,β-unsaturated/α-hetero) is 1. The number of hydrogen-bond acceptors (Lipinski definition) is 3. The molecule has 0 saturated carbocycles. The van der Waals surface area contributed by atoms with E-state index >= 15 is 0 Å². The summed E-state index contributed by atoms with van der Waals surface area (Å²) in [6.07, 6.45) is 0.281. The van der Waals surface area contributed by atoms with Crippen molar-refractivity contribution in [2.45, 2.75) is 6.42 Å². The molecule has 2 aromatic rings. The lowest BCUT2D eigenvalue weighted by Crippen LogP contribution is -2.50. The second-order valence-electron chi connectivity index (χ2n) is 6.25. The van der Waals surface area contributed by atoms with Crippen molar-refractivity contribution in [3.63, 3.8) is 0 Å². The molecule has 5 heteroatoms. The fourth-order valence-electron chi connectivity index (χ4n) is 2.96. The third kappa shape index (κ3) is 4.73. The van der Waals surface area contributed by atoms with Crippen molar-refractivity contribution >= 4 is 11.7 Å². The van der Waals surface area contributed by atoms with Crippen LogP contribution in [0.5, 0.6) is 0 Å². The summed E-state index contributed by atoms with van der Waals surface area (Å²) in [5.41, 5.74) is 1.53. The van der Waals surface area contributed by atoms with Gasteiger partial charge < -0.3 is 4.90 Å². The van der Waals surface area contributed by atoms with Gasteiger partial charge in [0.2, 0.25) is 5.91 Å². The highest BCUT2D eigenvalue weighted by Crippen LogP contribution is 2.09. The molecule has 1 saturated heterocycles. The van der Waals surface area contributed by atoms with E-state index in [2.05, 4.69) is 4.90 Å². The quantitative estimate of drug-likeness (QED) is 0.785. The SMILES string of the molecule is O=C(CN1CCN(C(=O)Cc2ccc(F)cc2)CC1)c1ccccc1. The van der Waals surface area contributed by atoms with Gasteiger partial charge in [0.15, 0.2) is 5.78 Å². The van der Waals surface area contributed by atoms with Crippen LogP contribution < -0.4 is 0 Å². The molecule has 25 heavy (non-hydrogen) atoms. The highest BCUT2D eigenvalue weighted by Gasteiger charge is 2.22. The number of nitrogens with zero attached hydrogens (tertiary/aromatic N) is 2. The summed E-state index contributed by atoms with van der Waals surface area (Å²) < 4.78 is 12.9. The lowest BCUT2D eigenvalue weighted by atomic mass is 10.1. The Labute approximate surface area is 146 Å². The van der Waals surface area contributed by atoms with Gasteiger partial charge in [-0.3, -0.25) is 14.5 Å². The Morgan fingerprint density at radius 2 is 1.52 bits per heavy atom. The fourth-order valence-corrected chi connectivity index (χ4v) is 2.96. The van der Waals surface area contributed by atoms with Gasteiger partial charge in [-0.05, 0) is 17.7 Å². The number of halogens is 1. The Bertz CT molecular complexity index is 723. The van der Waals surface area contributed by atoms with E-state index in [0.29, 0.717) is 32.7 Å². The molecule has 0 radical (unpaired) electrons. The predicted molar refractivity (Wildman–Crippen MR) is 93.9 cm³/mol. The van der Waals surface area contributed by atoms with Crippen LogP contribution in [0, 0.1) is 5.82 Å². The van der Waals surface area contributed by atoms with Gasteiger partial charge in [0.05, 0.1) is 13.0 Å². The molecule has 1 amide bonds. The Kier molecular flexibility index (Phi) is 5.56. The second kappa shape index (κ2) is 8.03. The monoisotopic (exact) mass is 340 g/mol. The van der Waals surface area contributed by atoms with E-state index in [4.69, 9.17) is 0 Å². The molecular weight excluding hydrogens is 319 g/mol. The minimum atomic E-state index is -0.298. The molecule has 1 aliphatic rings. The van der Waals surface area contributed by atoms with Crippen LogP contribution >= 0.6 is 0 Å². The van der Waals surface area contributed by atoms with Crippen LogP contribution in [0.25, 0.3) is 0 Å². The third-order valence-corrected chi connectivity index (χ3v) is 4.46. The van der Waals surface area contributed by atoms with Crippen molar-refractivity contribution in [2.75, 3.05) is 32.7 Å². The van der Waals surface area contributed by atoms with Gasteiger partial charge in [-0.1, -0.05) is 42.5 Å². The molecular formula is C20H21FN2O2. The molecule has 0 aromatic heterocycles. The highest BCUT2D eigenvalue weighted by atomic mass is 19.1. The van der Waals surface area contributed by atoms with Crippen LogP contribution in [0.15, 0.2) is 54.6 Å². The molecule has 0 atom stereocenters. The third-order valence-electron chi connectivity index (χ3n) is 4.46. The van der Waals surface area contributed by atoms with Crippen LogP contribution in [-0.2, 0) is 11.2 Å². The summed E-state index contributed by atoms with van der Waals surface area (Å²) in [7, 11) is 0. The number of amides is 1. The molecule has 1 heterocycles. The van der Waals surface area contributed by atoms with E-state index in [1.54, 1.807) is 12.1 Å². The Morgan fingerprint density at radius 3 is 2.16 bits per heavy atom. The highest BCUT2D eigenvalue weighted by molar-refractivity contribution is 5.97. The number of piperazine rings is 1. The van der Waals surface area contributed by atoms with Crippen LogP contribution in [-0.4, -0.2) is 54.2 Å². The van der Waals surface area contributed by atoms with E-state index in [0.717, 1.165) is 11.1 Å². The number of rotatable bonds is 5. The maximum Gasteiger partial charge on any atom is 0.227 e. The number of hydrogen-bond donors (Lipinski definition) is 0. The standard InChI is InChI=1S/C20H21FN2O2/c21-18-8-6-16(7-9-18)14-20(25)23-12-10-22(11-13-23)15-19(24)17-4-2-1-3-5-17/h1-9H,10-15H2.